The molecule has 3 nitrogen and oxygen atoms in total. The van der Waals surface area contributed by atoms with Crippen molar-refractivity contribution in [1.82, 2.24) is 4.98 Å². The van der Waals surface area contributed by atoms with Gasteiger partial charge in [-0.2, -0.15) is 5.26 Å². The Bertz CT molecular complexity index is 1620. The molecule has 2 heterocycles. The van der Waals surface area contributed by atoms with Gasteiger partial charge in [-0.15, -0.1) is 0 Å². The number of rotatable bonds is 1. The third kappa shape index (κ3) is 2.27. The van der Waals surface area contributed by atoms with E-state index in [1.807, 2.05) is 18.2 Å². The summed E-state index contributed by atoms with van der Waals surface area (Å²) >= 11 is 0. The van der Waals surface area contributed by atoms with E-state index < -0.39 is 0 Å². The topological polar surface area (TPSA) is 49.8 Å². The van der Waals surface area contributed by atoms with Crippen LogP contribution >= 0.6 is 0 Å². The fourth-order valence-electron chi connectivity index (χ4n) is 4.26. The van der Waals surface area contributed by atoms with Gasteiger partial charge in [0, 0.05) is 22.5 Å². The van der Waals surface area contributed by atoms with Crippen molar-refractivity contribution in [2.24, 2.45) is 0 Å². The van der Waals surface area contributed by atoms with Crippen LogP contribution in [0, 0.1) is 11.3 Å². The van der Waals surface area contributed by atoms with Gasteiger partial charge in [0.05, 0.1) is 17.3 Å². The van der Waals surface area contributed by atoms with Gasteiger partial charge in [-0.1, -0.05) is 54.6 Å². The van der Waals surface area contributed by atoms with E-state index in [-0.39, 0.29) is 0 Å². The molecule has 0 radical (unpaired) electrons. The second-order valence-corrected chi connectivity index (χ2v) is 7.15. The number of pyridine rings is 1. The molecule has 0 aliphatic rings. The van der Waals surface area contributed by atoms with Crippen LogP contribution in [0.25, 0.3) is 54.7 Å². The molecule has 0 unspecified atom stereocenters. The first-order valence-corrected chi connectivity index (χ1v) is 9.46. The number of furan rings is 1. The third-order valence-electron chi connectivity index (χ3n) is 5.53. The number of nitrogens with zero attached hydrogens (tertiary/aromatic N) is 2. The van der Waals surface area contributed by atoms with Gasteiger partial charge in [0.2, 0.25) is 0 Å². The molecule has 134 valence electrons. The Balaban J connectivity index is 1.82. The second-order valence-electron chi connectivity index (χ2n) is 7.15. The van der Waals surface area contributed by atoms with E-state index in [0.717, 1.165) is 44.0 Å². The fraction of sp³-hybridized carbons (Fsp3) is 0. The quantitative estimate of drug-likeness (QED) is 0.319. The molecule has 4 aromatic carbocycles. The number of benzene rings is 4. The third-order valence-corrected chi connectivity index (χ3v) is 5.53. The molecule has 29 heavy (non-hydrogen) atoms. The summed E-state index contributed by atoms with van der Waals surface area (Å²) < 4.78 is 6.29. The maximum atomic E-state index is 9.29. The zero-order chi connectivity index (χ0) is 19.4. The van der Waals surface area contributed by atoms with E-state index in [1.54, 1.807) is 12.3 Å². The summed E-state index contributed by atoms with van der Waals surface area (Å²) in [4.78, 5) is 4.53. The lowest BCUT2D eigenvalue weighted by Gasteiger charge is -2.08. The SMILES string of the molecule is N#Cc1ccnc(-c2cc3oc4ccc5ccccc5c4c3c3ccccc23)c1. The van der Waals surface area contributed by atoms with Gasteiger partial charge in [-0.3, -0.25) is 4.98 Å². The predicted molar refractivity (Wildman–Crippen MR) is 117 cm³/mol. The van der Waals surface area contributed by atoms with Crippen LogP contribution in [0.4, 0.5) is 0 Å². The van der Waals surface area contributed by atoms with Crippen molar-refractivity contribution >= 4 is 43.5 Å². The highest BCUT2D eigenvalue weighted by molar-refractivity contribution is 6.28. The summed E-state index contributed by atoms with van der Waals surface area (Å²) in [5.74, 6) is 0. The van der Waals surface area contributed by atoms with Gasteiger partial charge >= 0.3 is 0 Å². The van der Waals surface area contributed by atoms with Crippen LogP contribution in [-0.2, 0) is 0 Å². The molecule has 0 spiro atoms. The average molecular weight is 370 g/mol. The number of fused-ring (bicyclic) bond motifs is 7. The summed E-state index contributed by atoms with van der Waals surface area (Å²) in [5, 5.41) is 16.2. The van der Waals surface area contributed by atoms with Crippen LogP contribution in [-0.4, -0.2) is 4.98 Å². The molecular formula is C26H14N2O. The summed E-state index contributed by atoms with van der Waals surface area (Å²) in [6.07, 6.45) is 1.68. The minimum atomic E-state index is 0.592. The van der Waals surface area contributed by atoms with Crippen molar-refractivity contribution in [3.63, 3.8) is 0 Å². The van der Waals surface area contributed by atoms with Crippen LogP contribution in [0.3, 0.4) is 0 Å². The molecule has 6 aromatic rings. The standard InChI is InChI=1S/C26H14N2O/c27-15-16-11-12-28-22(13-16)21-14-24-26(20-8-4-3-7-19(20)21)25-18-6-2-1-5-17(18)9-10-23(25)29-24/h1-14H. The van der Waals surface area contributed by atoms with Crippen molar-refractivity contribution in [3.8, 4) is 17.3 Å². The Labute approximate surface area is 166 Å². The molecule has 0 fully saturated rings. The van der Waals surface area contributed by atoms with Gasteiger partial charge < -0.3 is 4.42 Å². The highest BCUT2D eigenvalue weighted by Gasteiger charge is 2.17. The Morgan fingerprint density at radius 3 is 2.34 bits per heavy atom. The smallest absolute Gasteiger partial charge is 0.136 e. The largest absolute Gasteiger partial charge is 0.456 e. The molecule has 0 aliphatic heterocycles. The van der Waals surface area contributed by atoms with Crippen molar-refractivity contribution in [2.75, 3.05) is 0 Å². The molecule has 0 N–H and O–H groups in total. The van der Waals surface area contributed by atoms with Crippen LogP contribution in [0.1, 0.15) is 5.56 Å². The lowest BCUT2D eigenvalue weighted by Crippen LogP contribution is -1.87. The Morgan fingerprint density at radius 1 is 0.724 bits per heavy atom. The minimum absolute atomic E-state index is 0.592. The number of aromatic nitrogens is 1. The van der Waals surface area contributed by atoms with E-state index in [0.29, 0.717) is 5.56 Å². The molecule has 0 amide bonds. The molecule has 0 atom stereocenters. The molecule has 3 heteroatoms. The summed E-state index contributed by atoms with van der Waals surface area (Å²) in [7, 11) is 0. The Morgan fingerprint density at radius 2 is 1.48 bits per heavy atom. The number of hydrogen-bond acceptors (Lipinski definition) is 3. The van der Waals surface area contributed by atoms with Crippen molar-refractivity contribution in [2.45, 2.75) is 0 Å². The van der Waals surface area contributed by atoms with Crippen LogP contribution in [0.15, 0.2) is 89.5 Å². The molecule has 0 saturated heterocycles. The van der Waals surface area contributed by atoms with Crippen molar-refractivity contribution in [1.29, 1.82) is 5.26 Å². The molecule has 0 aliphatic carbocycles. The minimum Gasteiger partial charge on any atom is -0.456 e. The number of nitriles is 1. The lowest BCUT2D eigenvalue weighted by atomic mass is 9.95. The zero-order valence-corrected chi connectivity index (χ0v) is 15.4. The highest BCUT2D eigenvalue weighted by Crippen LogP contribution is 2.41. The monoisotopic (exact) mass is 370 g/mol. The Kier molecular flexibility index (Phi) is 3.24. The molecular weight excluding hydrogens is 356 g/mol. The molecule has 6 rings (SSSR count). The first kappa shape index (κ1) is 15.9. The van der Waals surface area contributed by atoms with E-state index in [2.05, 4.69) is 65.7 Å². The normalized spacial score (nSPS) is 11.4. The summed E-state index contributed by atoms with van der Waals surface area (Å²) in [5.41, 5.74) is 4.03. The van der Waals surface area contributed by atoms with Crippen LogP contribution in [0.2, 0.25) is 0 Å². The van der Waals surface area contributed by atoms with Crippen LogP contribution < -0.4 is 0 Å². The zero-order valence-electron chi connectivity index (χ0n) is 15.4. The maximum absolute atomic E-state index is 9.29. The van der Waals surface area contributed by atoms with E-state index in [4.69, 9.17) is 4.42 Å². The molecule has 0 saturated carbocycles. The van der Waals surface area contributed by atoms with Gasteiger partial charge in [0.25, 0.3) is 0 Å². The van der Waals surface area contributed by atoms with Crippen LogP contribution in [0.5, 0.6) is 0 Å². The maximum Gasteiger partial charge on any atom is 0.136 e. The average Bonchev–Trinajstić information content (AvgIpc) is 3.18. The first-order valence-electron chi connectivity index (χ1n) is 9.46. The second kappa shape index (κ2) is 5.92. The summed E-state index contributed by atoms with van der Waals surface area (Å²) in [6, 6.07) is 28.7. The highest BCUT2D eigenvalue weighted by atomic mass is 16.3. The van der Waals surface area contributed by atoms with Gasteiger partial charge in [0.1, 0.15) is 11.2 Å². The van der Waals surface area contributed by atoms with Crippen molar-refractivity contribution < 1.29 is 4.42 Å². The fourth-order valence-corrected chi connectivity index (χ4v) is 4.26. The van der Waals surface area contributed by atoms with E-state index in [9.17, 15) is 5.26 Å². The van der Waals surface area contributed by atoms with Gasteiger partial charge in [-0.05, 0) is 45.8 Å². The summed E-state index contributed by atoms with van der Waals surface area (Å²) in [6.45, 7) is 0. The Hall–Kier alpha value is -4.16. The van der Waals surface area contributed by atoms with Gasteiger partial charge in [-0.25, -0.2) is 0 Å². The molecule has 0 bridgehead atoms. The van der Waals surface area contributed by atoms with E-state index in [1.165, 1.54) is 10.8 Å². The molecule has 2 aromatic heterocycles. The van der Waals surface area contributed by atoms with Gasteiger partial charge in [0.15, 0.2) is 0 Å². The number of hydrogen-bond donors (Lipinski definition) is 0. The first-order chi connectivity index (χ1) is 14.3. The lowest BCUT2D eigenvalue weighted by molar-refractivity contribution is 0.669. The predicted octanol–water partition coefficient (Wildman–Crippen LogP) is 6.83. The van der Waals surface area contributed by atoms with E-state index >= 15 is 0 Å². The van der Waals surface area contributed by atoms with Crippen molar-refractivity contribution in [3.05, 3.63) is 90.6 Å².